The van der Waals surface area contributed by atoms with Crippen molar-refractivity contribution in [3.05, 3.63) is 0 Å². The first-order valence-corrected chi connectivity index (χ1v) is 5.31. The quantitative estimate of drug-likeness (QED) is 0.587. The molecular weight excluding hydrogens is 178 g/mol. The first-order valence-electron chi connectivity index (χ1n) is 5.31. The number of rotatable bonds is 7. The third-order valence-electron chi connectivity index (χ3n) is 2.91. The van der Waals surface area contributed by atoms with Gasteiger partial charge in [-0.3, -0.25) is 0 Å². The molecule has 1 aliphatic carbocycles. The van der Waals surface area contributed by atoms with Crippen molar-refractivity contribution in [1.82, 2.24) is 0 Å². The standard InChI is InChI=1S/C11H19NO2/c1-13-7-3-8-14-9-6-11(10-12)4-2-5-11/h2-9H2,1H3. The van der Waals surface area contributed by atoms with Gasteiger partial charge in [0.1, 0.15) is 0 Å². The maximum atomic E-state index is 8.95. The Morgan fingerprint density at radius 1 is 1.29 bits per heavy atom. The molecule has 0 N–H and O–H groups in total. The van der Waals surface area contributed by atoms with Crippen LogP contribution in [0.15, 0.2) is 0 Å². The van der Waals surface area contributed by atoms with Crippen LogP contribution in [0.3, 0.4) is 0 Å². The van der Waals surface area contributed by atoms with Crippen molar-refractivity contribution >= 4 is 0 Å². The molecule has 0 aromatic carbocycles. The van der Waals surface area contributed by atoms with Gasteiger partial charge in [0.2, 0.25) is 0 Å². The topological polar surface area (TPSA) is 42.2 Å². The van der Waals surface area contributed by atoms with E-state index < -0.39 is 0 Å². The summed E-state index contributed by atoms with van der Waals surface area (Å²) in [5.41, 5.74) is -0.0404. The van der Waals surface area contributed by atoms with E-state index in [0.29, 0.717) is 0 Å². The Hall–Kier alpha value is -0.590. The first-order chi connectivity index (χ1) is 6.83. The van der Waals surface area contributed by atoms with Crippen molar-refractivity contribution in [3.63, 3.8) is 0 Å². The first kappa shape index (κ1) is 11.5. The van der Waals surface area contributed by atoms with Crippen LogP contribution in [0.2, 0.25) is 0 Å². The summed E-state index contributed by atoms with van der Waals surface area (Å²) >= 11 is 0. The molecule has 0 amide bonds. The molecule has 1 aliphatic rings. The summed E-state index contributed by atoms with van der Waals surface area (Å²) in [5, 5.41) is 8.95. The van der Waals surface area contributed by atoms with E-state index in [0.717, 1.165) is 45.5 Å². The van der Waals surface area contributed by atoms with Crippen molar-refractivity contribution in [1.29, 1.82) is 5.26 Å². The number of ether oxygens (including phenoxy) is 2. The van der Waals surface area contributed by atoms with Crippen LogP contribution in [0, 0.1) is 16.7 Å². The maximum Gasteiger partial charge on any atom is 0.0690 e. The minimum atomic E-state index is -0.0404. The summed E-state index contributed by atoms with van der Waals surface area (Å²) in [4.78, 5) is 0. The van der Waals surface area contributed by atoms with Gasteiger partial charge in [-0.25, -0.2) is 0 Å². The van der Waals surface area contributed by atoms with Crippen LogP contribution in [0.5, 0.6) is 0 Å². The Morgan fingerprint density at radius 3 is 2.57 bits per heavy atom. The normalized spacial score (nSPS) is 18.6. The highest BCUT2D eigenvalue weighted by Gasteiger charge is 2.36. The van der Waals surface area contributed by atoms with Gasteiger partial charge in [-0.1, -0.05) is 6.42 Å². The fourth-order valence-electron chi connectivity index (χ4n) is 1.70. The number of nitrogens with zero attached hydrogens (tertiary/aromatic N) is 1. The van der Waals surface area contributed by atoms with E-state index in [2.05, 4.69) is 6.07 Å². The summed E-state index contributed by atoms with van der Waals surface area (Å²) in [6.07, 6.45) is 5.17. The molecule has 0 radical (unpaired) electrons. The van der Waals surface area contributed by atoms with Crippen LogP contribution in [-0.2, 0) is 9.47 Å². The molecule has 0 heterocycles. The number of nitriles is 1. The van der Waals surface area contributed by atoms with Gasteiger partial charge in [0, 0.05) is 26.9 Å². The second-order valence-corrected chi connectivity index (χ2v) is 3.95. The lowest BCUT2D eigenvalue weighted by Crippen LogP contribution is -2.29. The van der Waals surface area contributed by atoms with Gasteiger partial charge in [-0.05, 0) is 25.7 Å². The number of hydrogen-bond acceptors (Lipinski definition) is 3. The third-order valence-corrected chi connectivity index (χ3v) is 2.91. The fraction of sp³-hybridized carbons (Fsp3) is 0.909. The van der Waals surface area contributed by atoms with Gasteiger partial charge in [0.15, 0.2) is 0 Å². The van der Waals surface area contributed by atoms with Gasteiger partial charge < -0.3 is 9.47 Å². The molecule has 80 valence electrons. The molecule has 0 spiro atoms. The van der Waals surface area contributed by atoms with Gasteiger partial charge in [0.25, 0.3) is 0 Å². The zero-order valence-electron chi connectivity index (χ0n) is 8.92. The summed E-state index contributed by atoms with van der Waals surface area (Å²) in [6.45, 7) is 2.22. The van der Waals surface area contributed by atoms with Crippen molar-refractivity contribution < 1.29 is 9.47 Å². The average Bonchev–Trinajstić information content (AvgIpc) is 2.15. The van der Waals surface area contributed by atoms with Gasteiger partial charge in [0.05, 0.1) is 11.5 Å². The molecule has 0 unspecified atom stereocenters. The molecule has 14 heavy (non-hydrogen) atoms. The second-order valence-electron chi connectivity index (χ2n) is 3.95. The molecule has 0 aliphatic heterocycles. The molecule has 1 fully saturated rings. The molecule has 0 aromatic heterocycles. The van der Waals surface area contributed by atoms with Gasteiger partial charge >= 0.3 is 0 Å². The van der Waals surface area contributed by atoms with Crippen molar-refractivity contribution in [2.24, 2.45) is 5.41 Å². The highest BCUT2D eigenvalue weighted by atomic mass is 16.5. The van der Waals surface area contributed by atoms with Crippen LogP contribution < -0.4 is 0 Å². The molecule has 1 saturated carbocycles. The van der Waals surface area contributed by atoms with E-state index in [1.54, 1.807) is 7.11 Å². The minimum Gasteiger partial charge on any atom is -0.385 e. The number of methoxy groups -OCH3 is 1. The summed E-state index contributed by atoms with van der Waals surface area (Å²) < 4.78 is 10.3. The Morgan fingerprint density at radius 2 is 2.07 bits per heavy atom. The summed E-state index contributed by atoms with van der Waals surface area (Å²) in [5.74, 6) is 0. The molecular formula is C11H19NO2. The molecule has 1 rings (SSSR count). The largest absolute Gasteiger partial charge is 0.385 e. The predicted octanol–water partition coefficient (Wildman–Crippen LogP) is 2.12. The average molecular weight is 197 g/mol. The van der Waals surface area contributed by atoms with Gasteiger partial charge in [-0.15, -0.1) is 0 Å². The van der Waals surface area contributed by atoms with Crippen molar-refractivity contribution in [2.45, 2.75) is 32.1 Å². The molecule has 0 bridgehead atoms. The summed E-state index contributed by atoms with van der Waals surface area (Å²) in [6, 6.07) is 2.41. The lowest BCUT2D eigenvalue weighted by molar-refractivity contribution is 0.0682. The van der Waals surface area contributed by atoms with Crippen LogP contribution in [0.1, 0.15) is 32.1 Å². The lowest BCUT2D eigenvalue weighted by Gasteiger charge is -2.34. The molecule has 0 saturated heterocycles. The Labute approximate surface area is 86.0 Å². The molecule has 3 nitrogen and oxygen atoms in total. The molecule has 0 atom stereocenters. The second kappa shape index (κ2) is 6.00. The fourth-order valence-corrected chi connectivity index (χ4v) is 1.70. The smallest absolute Gasteiger partial charge is 0.0690 e. The predicted molar refractivity (Wildman–Crippen MR) is 53.8 cm³/mol. The zero-order valence-corrected chi connectivity index (χ0v) is 8.92. The van der Waals surface area contributed by atoms with Crippen molar-refractivity contribution in [2.75, 3.05) is 26.9 Å². The number of hydrogen-bond donors (Lipinski definition) is 0. The van der Waals surface area contributed by atoms with E-state index in [4.69, 9.17) is 14.7 Å². The SMILES string of the molecule is COCCCOCCC1(C#N)CCC1. The van der Waals surface area contributed by atoms with E-state index >= 15 is 0 Å². The van der Waals surface area contributed by atoms with Crippen molar-refractivity contribution in [3.8, 4) is 6.07 Å². The van der Waals surface area contributed by atoms with Crippen LogP contribution >= 0.6 is 0 Å². The van der Waals surface area contributed by atoms with E-state index in [-0.39, 0.29) is 5.41 Å². The van der Waals surface area contributed by atoms with Gasteiger partial charge in [-0.2, -0.15) is 5.26 Å². The Balaban J connectivity index is 1.96. The zero-order chi connectivity index (χ0) is 10.3. The lowest BCUT2D eigenvalue weighted by atomic mass is 9.68. The van der Waals surface area contributed by atoms with E-state index in [1.165, 1.54) is 6.42 Å². The van der Waals surface area contributed by atoms with Crippen LogP contribution in [0.4, 0.5) is 0 Å². The Bertz CT molecular complexity index is 194. The molecule has 0 aromatic rings. The third kappa shape index (κ3) is 3.28. The Kier molecular flexibility index (Phi) is 4.92. The maximum absolute atomic E-state index is 8.95. The highest BCUT2D eigenvalue weighted by Crippen LogP contribution is 2.43. The van der Waals surface area contributed by atoms with Crippen LogP contribution in [0.25, 0.3) is 0 Å². The molecule has 3 heteroatoms. The van der Waals surface area contributed by atoms with Crippen LogP contribution in [-0.4, -0.2) is 26.9 Å². The van der Waals surface area contributed by atoms with E-state index in [9.17, 15) is 0 Å². The monoisotopic (exact) mass is 197 g/mol. The summed E-state index contributed by atoms with van der Waals surface area (Å²) in [7, 11) is 1.69. The highest BCUT2D eigenvalue weighted by molar-refractivity contribution is 5.04. The van der Waals surface area contributed by atoms with E-state index in [1.807, 2.05) is 0 Å². The minimum absolute atomic E-state index is 0.0404.